The summed E-state index contributed by atoms with van der Waals surface area (Å²) >= 11 is 13.0. The molecule has 7 nitrogen and oxygen atoms in total. The Bertz CT molecular complexity index is 1640. The second-order valence-corrected chi connectivity index (χ2v) is 13.4. The van der Waals surface area contributed by atoms with Gasteiger partial charge in [-0.3, -0.25) is 0 Å². The largest absolute Gasteiger partial charge is 0.320 e. The Morgan fingerprint density at radius 3 is 2.38 bits per heavy atom. The Balaban J connectivity index is 1.51. The summed E-state index contributed by atoms with van der Waals surface area (Å²) in [5.74, 6) is 1.90. The number of nitrogens with zero attached hydrogens (tertiary/aromatic N) is 5. The number of aliphatic imine (C=N–C) groups is 1. The molecule has 3 aromatic rings. The fourth-order valence-electron chi connectivity index (χ4n) is 5.87. The summed E-state index contributed by atoms with van der Waals surface area (Å²) in [7, 11) is -3.71. The van der Waals surface area contributed by atoms with E-state index in [2.05, 4.69) is 13.8 Å². The summed E-state index contributed by atoms with van der Waals surface area (Å²) in [6.45, 7) is 7.17. The zero-order chi connectivity index (χ0) is 27.5. The molecule has 0 radical (unpaired) electrons. The molecule has 0 saturated carbocycles. The Kier molecular flexibility index (Phi) is 6.70. The van der Waals surface area contributed by atoms with Crippen LogP contribution in [0.3, 0.4) is 0 Å². The van der Waals surface area contributed by atoms with E-state index in [1.54, 1.807) is 34.8 Å². The fraction of sp³-hybridized carbons (Fsp3) is 0.310. The Labute approximate surface area is 239 Å². The molecule has 202 valence electrons. The third-order valence-electron chi connectivity index (χ3n) is 7.51. The van der Waals surface area contributed by atoms with Crippen LogP contribution in [0.2, 0.25) is 10.0 Å². The maximum absolute atomic E-state index is 13.8. The van der Waals surface area contributed by atoms with Crippen molar-refractivity contribution in [1.29, 1.82) is 0 Å². The van der Waals surface area contributed by atoms with Crippen LogP contribution in [-0.4, -0.2) is 46.3 Å². The topological polar surface area (TPSA) is 70.8 Å². The van der Waals surface area contributed by atoms with Gasteiger partial charge in [0.15, 0.2) is 5.82 Å². The van der Waals surface area contributed by atoms with E-state index in [1.807, 2.05) is 52.9 Å². The monoisotopic (exact) mass is 581 g/mol. The first-order chi connectivity index (χ1) is 18.6. The van der Waals surface area contributed by atoms with Crippen molar-refractivity contribution < 1.29 is 8.42 Å². The lowest BCUT2D eigenvalue weighted by molar-refractivity contribution is 0.224. The molecule has 3 aliphatic rings. The van der Waals surface area contributed by atoms with Crippen LogP contribution in [0.5, 0.6) is 0 Å². The van der Waals surface area contributed by atoms with Crippen LogP contribution in [-0.2, 0) is 10.0 Å². The number of rotatable bonds is 4. The highest BCUT2D eigenvalue weighted by Crippen LogP contribution is 2.46. The third kappa shape index (κ3) is 4.63. The van der Waals surface area contributed by atoms with E-state index in [0.29, 0.717) is 46.6 Å². The number of para-hydroxylation sites is 1. The van der Waals surface area contributed by atoms with Gasteiger partial charge >= 0.3 is 0 Å². The number of fused-ring (bicyclic) bond motifs is 2. The lowest BCUT2D eigenvalue weighted by Gasteiger charge is -2.38. The number of halogens is 2. The van der Waals surface area contributed by atoms with Gasteiger partial charge in [-0.1, -0.05) is 61.3 Å². The average molecular weight is 583 g/mol. The molecule has 4 heterocycles. The van der Waals surface area contributed by atoms with Crippen molar-refractivity contribution in [2.24, 2.45) is 16.8 Å². The highest BCUT2D eigenvalue weighted by atomic mass is 35.5. The molecule has 10 heteroatoms. The van der Waals surface area contributed by atoms with Gasteiger partial charge in [-0.05, 0) is 67.2 Å². The SMILES string of the molecule is Cc1nn(-c2ccccc2)c2c1[C@@H](c1ccc(Cl)cc1Cl)N1C=C(S(=O)(=O)N3C[C@H](C)C[C@H](C)C3)C=CC1=N2. The van der Waals surface area contributed by atoms with Crippen LogP contribution in [0.4, 0.5) is 5.82 Å². The third-order valence-corrected chi connectivity index (χ3v) is 9.89. The molecular weight excluding hydrogens is 553 g/mol. The normalized spacial score (nSPS) is 23.2. The predicted molar refractivity (Wildman–Crippen MR) is 156 cm³/mol. The maximum atomic E-state index is 13.8. The van der Waals surface area contributed by atoms with Crippen LogP contribution in [0.15, 0.2) is 76.8 Å². The van der Waals surface area contributed by atoms with E-state index < -0.39 is 16.1 Å². The lowest BCUT2D eigenvalue weighted by atomic mass is 9.94. The first-order valence-corrected chi connectivity index (χ1v) is 15.2. The van der Waals surface area contributed by atoms with Crippen molar-refractivity contribution in [3.63, 3.8) is 0 Å². The highest BCUT2D eigenvalue weighted by Gasteiger charge is 2.39. The van der Waals surface area contributed by atoms with Crippen LogP contribution >= 0.6 is 23.2 Å². The smallest absolute Gasteiger partial charge is 0.244 e. The summed E-state index contributed by atoms with van der Waals surface area (Å²) in [5, 5.41) is 5.85. The molecule has 2 aromatic carbocycles. The van der Waals surface area contributed by atoms with Gasteiger partial charge in [-0.2, -0.15) is 9.40 Å². The van der Waals surface area contributed by atoms with Gasteiger partial charge in [0.2, 0.25) is 10.0 Å². The molecule has 1 aromatic heterocycles. The molecule has 3 aliphatic heterocycles. The van der Waals surface area contributed by atoms with E-state index in [1.165, 1.54) is 0 Å². The highest BCUT2D eigenvalue weighted by molar-refractivity contribution is 7.93. The lowest BCUT2D eigenvalue weighted by Crippen LogP contribution is -2.44. The standard InChI is InChI=1S/C29H29Cl2N5O2S/c1-18-13-19(2)16-34(15-18)39(37,38)23-10-12-26-32-29-27(20(3)33-36(29)22-7-5-4-6-8-22)28(35(26)17-23)24-11-9-21(30)14-25(24)31/h4-12,14,17-19,28H,13,15-16H2,1-3H3/t18-,19+,28-/m1/s1. The van der Waals surface area contributed by atoms with Crippen molar-refractivity contribution in [3.05, 3.63) is 98.7 Å². The second kappa shape index (κ2) is 9.93. The quantitative estimate of drug-likeness (QED) is 0.346. The van der Waals surface area contributed by atoms with Crippen molar-refractivity contribution in [2.75, 3.05) is 13.1 Å². The molecule has 0 bridgehead atoms. The molecule has 0 unspecified atom stereocenters. The average Bonchev–Trinajstić information content (AvgIpc) is 3.23. The summed E-state index contributed by atoms with van der Waals surface area (Å²) in [4.78, 5) is 7.10. The summed E-state index contributed by atoms with van der Waals surface area (Å²) in [5.41, 5.74) is 3.30. The molecule has 0 aliphatic carbocycles. The minimum Gasteiger partial charge on any atom is -0.320 e. The van der Waals surface area contributed by atoms with Gasteiger partial charge in [0.25, 0.3) is 0 Å². The number of allylic oxidation sites excluding steroid dienone is 1. The van der Waals surface area contributed by atoms with Crippen molar-refractivity contribution in [3.8, 4) is 5.69 Å². The fourth-order valence-corrected chi connectivity index (χ4v) is 8.07. The predicted octanol–water partition coefficient (Wildman–Crippen LogP) is 6.64. The van der Waals surface area contributed by atoms with E-state index in [4.69, 9.17) is 33.3 Å². The van der Waals surface area contributed by atoms with E-state index in [9.17, 15) is 8.42 Å². The van der Waals surface area contributed by atoms with Crippen LogP contribution in [0.25, 0.3) is 5.69 Å². The zero-order valence-corrected chi connectivity index (χ0v) is 24.2. The van der Waals surface area contributed by atoms with Gasteiger partial charge in [-0.25, -0.2) is 18.1 Å². The van der Waals surface area contributed by atoms with Gasteiger partial charge in [0, 0.05) is 34.9 Å². The molecule has 39 heavy (non-hydrogen) atoms. The summed E-state index contributed by atoms with van der Waals surface area (Å²) in [6.07, 6.45) is 6.13. The Morgan fingerprint density at radius 1 is 0.974 bits per heavy atom. The Morgan fingerprint density at radius 2 is 1.69 bits per heavy atom. The molecule has 1 saturated heterocycles. The van der Waals surface area contributed by atoms with Gasteiger partial charge in [0.05, 0.1) is 22.3 Å². The van der Waals surface area contributed by atoms with Crippen molar-refractivity contribution in [2.45, 2.75) is 33.2 Å². The van der Waals surface area contributed by atoms with Crippen LogP contribution in [0, 0.1) is 18.8 Å². The van der Waals surface area contributed by atoms with E-state index >= 15 is 0 Å². The number of amidine groups is 1. The van der Waals surface area contributed by atoms with E-state index in [-0.39, 0.29) is 4.91 Å². The minimum absolute atomic E-state index is 0.231. The molecule has 0 amide bonds. The number of piperidine rings is 1. The molecule has 0 spiro atoms. The number of aromatic nitrogens is 2. The summed E-state index contributed by atoms with van der Waals surface area (Å²) in [6, 6.07) is 14.8. The summed E-state index contributed by atoms with van der Waals surface area (Å²) < 4.78 is 31.1. The Hall–Kier alpha value is -2.91. The number of hydrogen-bond acceptors (Lipinski definition) is 5. The maximum Gasteiger partial charge on any atom is 0.244 e. The first-order valence-electron chi connectivity index (χ1n) is 13.0. The minimum atomic E-state index is -3.71. The van der Waals surface area contributed by atoms with Crippen LogP contribution in [0.1, 0.15) is 43.1 Å². The zero-order valence-electron chi connectivity index (χ0n) is 21.9. The van der Waals surface area contributed by atoms with Crippen molar-refractivity contribution >= 4 is 44.9 Å². The number of aryl methyl sites for hydroxylation is 1. The molecule has 0 N–H and O–H groups in total. The number of benzene rings is 2. The molecule has 3 atom stereocenters. The molecule has 1 fully saturated rings. The second-order valence-electron chi connectivity index (χ2n) is 10.6. The van der Waals surface area contributed by atoms with Gasteiger partial charge in [0.1, 0.15) is 5.84 Å². The van der Waals surface area contributed by atoms with E-state index in [0.717, 1.165) is 28.9 Å². The molecular formula is C29H29Cl2N5O2S. The van der Waals surface area contributed by atoms with Gasteiger partial charge in [-0.15, -0.1) is 0 Å². The van der Waals surface area contributed by atoms with Crippen LogP contribution < -0.4 is 0 Å². The number of hydrogen-bond donors (Lipinski definition) is 0. The first kappa shape index (κ1) is 26.3. The number of sulfonamides is 1. The molecule has 6 rings (SSSR count). The van der Waals surface area contributed by atoms with Crippen molar-refractivity contribution in [1.82, 2.24) is 19.0 Å². The van der Waals surface area contributed by atoms with Gasteiger partial charge < -0.3 is 4.90 Å².